The van der Waals surface area contributed by atoms with E-state index in [4.69, 9.17) is 13.8 Å². The molecule has 0 aliphatic heterocycles. The maximum Gasteiger partial charge on any atom is 0.227 e. The van der Waals surface area contributed by atoms with Crippen LogP contribution >= 0.6 is 11.3 Å². The molecule has 58 heavy (non-hydrogen) atoms. The lowest BCUT2D eigenvalue weighted by molar-refractivity contribution is 0.617. The van der Waals surface area contributed by atoms with Crippen molar-refractivity contribution in [1.29, 1.82) is 0 Å². The molecule has 0 bridgehead atoms. The summed E-state index contributed by atoms with van der Waals surface area (Å²) in [6.45, 7) is 0. The van der Waals surface area contributed by atoms with Crippen molar-refractivity contribution in [1.82, 2.24) is 4.98 Å². The van der Waals surface area contributed by atoms with Crippen molar-refractivity contribution in [3.05, 3.63) is 194 Å². The van der Waals surface area contributed by atoms with E-state index in [1.807, 2.05) is 47.7 Å². The van der Waals surface area contributed by atoms with E-state index in [9.17, 15) is 0 Å². The molecule has 9 aromatic carbocycles. The van der Waals surface area contributed by atoms with E-state index in [1.165, 1.54) is 42.1 Å². The van der Waals surface area contributed by atoms with Crippen LogP contribution in [0.2, 0.25) is 0 Å². The first-order valence-electron chi connectivity index (χ1n) is 19.4. The molecule has 0 unspecified atom stereocenters. The Balaban J connectivity index is 0.970. The quantitative estimate of drug-likeness (QED) is 0.169. The Morgan fingerprint density at radius 2 is 1.07 bits per heavy atom. The molecule has 0 amide bonds. The Hall–Kier alpha value is -7.47. The van der Waals surface area contributed by atoms with Crippen LogP contribution < -0.4 is 4.90 Å². The van der Waals surface area contributed by atoms with Crippen LogP contribution in [0.5, 0.6) is 0 Å². The molecule has 3 heterocycles. The summed E-state index contributed by atoms with van der Waals surface area (Å²) in [5.74, 6) is 0.603. The molecule has 5 heteroatoms. The molecule has 0 fully saturated rings. The van der Waals surface area contributed by atoms with Gasteiger partial charge in [0.15, 0.2) is 5.58 Å². The van der Waals surface area contributed by atoms with Crippen molar-refractivity contribution in [2.45, 2.75) is 0 Å². The molecule has 0 aliphatic rings. The number of furan rings is 1. The standard InChI is InChI=1S/C53H32N2O2S/c1-2-12-36(13-3-1)53-54-45-31-44-42-19-9-18-41(52(42)56-47(44)32-48(45)57-53)35-25-29-38(30-26-35)55(46-20-10-22-50-51(46)43-16-6-7-21-49(43)58-50)37-27-23-34(24-28-37)40-17-8-14-33-11-4-5-15-39(33)40/h1-32H. The molecule has 12 rings (SSSR count). The summed E-state index contributed by atoms with van der Waals surface area (Å²) in [6, 6.07) is 68.8. The number of aromatic nitrogens is 1. The number of benzene rings is 9. The molecule has 0 saturated carbocycles. The Labute approximate surface area is 337 Å². The van der Waals surface area contributed by atoms with E-state index < -0.39 is 0 Å². The predicted octanol–water partition coefficient (Wildman–Crippen LogP) is 15.7. The van der Waals surface area contributed by atoms with Crippen molar-refractivity contribution in [2.24, 2.45) is 0 Å². The number of nitrogens with zero attached hydrogens (tertiary/aromatic N) is 2. The molecular weight excluding hydrogens is 729 g/mol. The Kier molecular flexibility index (Phi) is 7.37. The fourth-order valence-electron chi connectivity index (χ4n) is 8.58. The van der Waals surface area contributed by atoms with E-state index in [1.54, 1.807) is 0 Å². The first-order valence-corrected chi connectivity index (χ1v) is 20.3. The van der Waals surface area contributed by atoms with Crippen LogP contribution in [0, 0.1) is 0 Å². The summed E-state index contributed by atoms with van der Waals surface area (Å²) in [7, 11) is 0. The molecule has 0 radical (unpaired) electrons. The normalized spacial score (nSPS) is 11.8. The molecule has 4 nitrogen and oxygen atoms in total. The predicted molar refractivity (Wildman–Crippen MR) is 243 cm³/mol. The minimum atomic E-state index is 0.603. The number of oxazole rings is 1. The molecule has 0 aliphatic carbocycles. The van der Waals surface area contributed by atoms with Gasteiger partial charge in [-0.2, -0.15) is 0 Å². The highest BCUT2D eigenvalue weighted by molar-refractivity contribution is 7.26. The average molecular weight is 761 g/mol. The number of thiophene rings is 1. The largest absolute Gasteiger partial charge is 0.455 e. The number of fused-ring (bicyclic) bond motifs is 8. The first kappa shape index (κ1) is 32.7. The second-order valence-electron chi connectivity index (χ2n) is 14.7. The van der Waals surface area contributed by atoms with Crippen LogP contribution in [-0.2, 0) is 0 Å². The zero-order valence-electron chi connectivity index (χ0n) is 31.1. The average Bonchev–Trinajstić information content (AvgIpc) is 3.99. The number of hydrogen-bond acceptors (Lipinski definition) is 5. The second-order valence-corrected chi connectivity index (χ2v) is 15.8. The summed E-state index contributed by atoms with van der Waals surface area (Å²) in [5, 5.41) is 7.08. The van der Waals surface area contributed by atoms with Crippen LogP contribution in [0.3, 0.4) is 0 Å². The van der Waals surface area contributed by atoms with Crippen LogP contribution in [0.1, 0.15) is 0 Å². The lowest BCUT2D eigenvalue weighted by Crippen LogP contribution is -2.10. The monoisotopic (exact) mass is 760 g/mol. The number of rotatable bonds is 6. The third kappa shape index (κ3) is 5.25. The Morgan fingerprint density at radius 3 is 1.90 bits per heavy atom. The summed E-state index contributed by atoms with van der Waals surface area (Å²) in [6.07, 6.45) is 0. The van der Waals surface area contributed by atoms with Crippen molar-refractivity contribution in [3.63, 3.8) is 0 Å². The third-order valence-corrected chi connectivity index (χ3v) is 12.4. The van der Waals surface area contributed by atoms with E-state index >= 15 is 0 Å². The van der Waals surface area contributed by atoms with E-state index in [-0.39, 0.29) is 0 Å². The highest BCUT2D eigenvalue weighted by Gasteiger charge is 2.20. The lowest BCUT2D eigenvalue weighted by Gasteiger charge is -2.27. The van der Waals surface area contributed by atoms with Crippen molar-refractivity contribution >= 4 is 92.4 Å². The molecular formula is C53H32N2O2S. The van der Waals surface area contributed by atoms with Gasteiger partial charge in [-0.3, -0.25) is 0 Å². The van der Waals surface area contributed by atoms with Crippen molar-refractivity contribution in [3.8, 4) is 33.7 Å². The summed E-state index contributed by atoms with van der Waals surface area (Å²) < 4.78 is 15.4. The fourth-order valence-corrected chi connectivity index (χ4v) is 9.70. The Morgan fingerprint density at radius 1 is 0.431 bits per heavy atom. The summed E-state index contributed by atoms with van der Waals surface area (Å²) >= 11 is 1.84. The van der Waals surface area contributed by atoms with Gasteiger partial charge in [0.25, 0.3) is 0 Å². The van der Waals surface area contributed by atoms with Gasteiger partial charge in [-0.1, -0.05) is 127 Å². The van der Waals surface area contributed by atoms with Gasteiger partial charge in [0.05, 0.1) is 5.69 Å². The minimum Gasteiger partial charge on any atom is -0.455 e. The van der Waals surface area contributed by atoms with Gasteiger partial charge in [0, 0.05) is 59.5 Å². The smallest absolute Gasteiger partial charge is 0.227 e. The van der Waals surface area contributed by atoms with Gasteiger partial charge in [0.1, 0.15) is 16.7 Å². The Bertz CT molecular complexity index is 3500. The van der Waals surface area contributed by atoms with Crippen molar-refractivity contribution in [2.75, 3.05) is 4.90 Å². The number of anilines is 3. The molecule has 3 aromatic heterocycles. The van der Waals surface area contributed by atoms with E-state index in [2.05, 4.69) is 163 Å². The van der Waals surface area contributed by atoms with Crippen LogP contribution in [0.25, 0.3) is 97.7 Å². The molecule has 12 aromatic rings. The first-order chi connectivity index (χ1) is 28.7. The van der Waals surface area contributed by atoms with Gasteiger partial charge in [-0.25, -0.2) is 4.98 Å². The zero-order valence-corrected chi connectivity index (χ0v) is 31.9. The van der Waals surface area contributed by atoms with Gasteiger partial charge < -0.3 is 13.7 Å². The molecule has 272 valence electrons. The maximum atomic E-state index is 6.63. The van der Waals surface area contributed by atoms with E-state index in [0.29, 0.717) is 11.5 Å². The fraction of sp³-hybridized carbons (Fsp3) is 0. The SMILES string of the molecule is c1ccc(-c2nc3cc4c(cc3o2)oc2c(-c3ccc(N(c5ccc(-c6cccc7ccccc67)cc5)c5cccc6sc7ccccc7c56)cc3)cccc24)cc1. The van der Waals surface area contributed by atoms with Gasteiger partial charge in [-0.15, -0.1) is 11.3 Å². The maximum absolute atomic E-state index is 6.63. The van der Waals surface area contributed by atoms with Crippen LogP contribution in [-0.4, -0.2) is 4.98 Å². The summed E-state index contributed by atoms with van der Waals surface area (Å²) in [4.78, 5) is 7.22. The highest BCUT2D eigenvalue weighted by atomic mass is 32.1. The molecule has 0 saturated heterocycles. The highest BCUT2D eigenvalue weighted by Crippen LogP contribution is 2.46. The second kappa shape index (κ2) is 13.1. The van der Waals surface area contributed by atoms with Crippen LogP contribution in [0.15, 0.2) is 203 Å². The lowest BCUT2D eigenvalue weighted by atomic mass is 9.98. The van der Waals surface area contributed by atoms with Gasteiger partial charge >= 0.3 is 0 Å². The minimum absolute atomic E-state index is 0.603. The third-order valence-electron chi connectivity index (χ3n) is 11.3. The number of para-hydroxylation sites is 1. The van der Waals surface area contributed by atoms with Gasteiger partial charge in [0.2, 0.25) is 5.89 Å². The number of hydrogen-bond donors (Lipinski definition) is 0. The van der Waals surface area contributed by atoms with Crippen LogP contribution in [0.4, 0.5) is 17.1 Å². The van der Waals surface area contributed by atoms with Crippen molar-refractivity contribution < 1.29 is 8.83 Å². The molecule has 0 N–H and O–H groups in total. The topological polar surface area (TPSA) is 42.4 Å². The zero-order chi connectivity index (χ0) is 38.2. The molecule has 0 spiro atoms. The van der Waals surface area contributed by atoms with E-state index in [0.717, 1.165) is 61.2 Å². The summed E-state index contributed by atoms with van der Waals surface area (Å²) in [5.41, 5.74) is 11.9. The molecule has 0 atom stereocenters. The van der Waals surface area contributed by atoms with Gasteiger partial charge in [-0.05, 0) is 88.1 Å².